The zero-order chi connectivity index (χ0) is 18.4. The minimum atomic E-state index is -0.466. The number of nitrogens with two attached hydrogens (primary N) is 1. The van der Waals surface area contributed by atoms with Crippen molar-refractivity contribution in [1.29, 1.82) is 0 Å². The highest BCUT2D eigenvalue weighted by molar-refractivity contribution is 6.00. The van der Waals surface area contributed by atoms with Crippen molar-refractivity contribution < 1.29 is 9.59 Å². The molecule has 132 valence electrons. The standard InChI is InChI=1S/C20H20N4O2/c1-11(2)7-18-22-16-8-13(20(21)26)4-6-17(16)24(18)14-5-3-12-9-19(25)23-15(12)10-14/h3-6,8,10-11H,7,9H2,1-2H3,(H2,21,26)(H,23,25). The van der Waals surface area contributed by atoms with Crippen LogP contribution >= 0.6 is 0 Å². The zero-order valence-electron chi connectivity index (χ0n) is 14.7. The van der Waals surface area contributed by atoms with Crippen molar-refractivity contribution in [1.82, 2.24) is 9.55 Å². The predicted octanol–water partition coefficient (Wildman–Crippen LogP) is 2.82. The molecule has 0 bridgehead atoms. The van der Waals surface area contributed by atoms with E-state index in [4.69, 9.17) is 10.7 Å². The molecule has 2 heterocycles. The topological polar surface area (TPSA) is 90.0 Å². The molecule has 1 aliphatic heterocycles. The average Bonchev–Trinajstić information content (AvgIpc) is 3.11. The van der Waals surface area contributed by atoms with E-state index in [9.17, 15) is 9.59 Å². The highest BCUT2D eigenvalue weighted by Gasteiger charge is 2.20. The second-order valence-electron chi connectivity index (χ2n) is 7.10. The summed E-state index contributed by atoms with van der Waals surface area (Å²) in [6, 6.07) is 11.3. The summed E-state index contributed by atoms with van der Waals surface area (Å²) in [6.45, 7) is 4.28. The van der Waals surface area contributed by atoms with Gasteiger partial charge in [0.2, 0.25) is 11.8 Å². The van der Waals surface area contributed by atoms with Crippen molar-refractivity contribution in [3.63, 3.8) is 0 Å². The average molecular weight is 348 g/mol. The lowest BCUT2D eigenvalue weighted by Crippen LogP contribution is -2.10. The Hall–Kier alpha value is -3.15. The van der Waals surface area contributed by atoms with Gasteiger partial charge < -0.3 is 11.1 Å². The smallest absolute Gasteiger partial charge is 0.248 e. The Kier molecular flexibility index (Phi) is 3.76. The summed E-state index contributed by atoms with van der Waals surface area (Å²) in [5.41, 5.74) is 10.3. The second kappa shape index (κ2) is 5.98. The maximum atomic E-state index is 11.6. The lowest BCUT2D eigenvalue weighted by molar-refractivity contribution is -0.115. The SMILES string of the molecule is CC(C)Cc1nc2cc(C(N)=O)ccc2n1-c1ccc2c(c1)NC(=O)C2. The van der Waals surface area contributed by atoms with Crippen molar-refractivity contribution in [2.75, 3.05) is 5.32 Å². The molecule has 26 heavy (non-hydrogen) atoms. The quantitative estimate of drug-likeness (QED) is 0.760. The number of imidazole rings is 1. The van der Waals surface area contributed by atoms with Gasteiger partial charge in [-0.15, -0.1) is 0 Å². The Morgan fingerprint density at radius 1 is 1.27 bits per heavy atom. The van der Waals surface area contributed by atoms with E-state index in [-0.39, 0.29) is 5.91 Å². The number of carbonyl (C=O) groups excluding carboxylic acids is 2. The summed E-state index contributed by atoms with van der Waals surface area (Å²) in [5.74, 6) is 0.893. The highest BCUT2D eigenvalue weighted by Crippen LogP contribution is 2.29. The summed E-state index contributed by atoms with van der Waals surface area (Å²) >= 11 is 0. The lowest BCUT2D eigenvalue weighted by Gasteiger charge is -2.12. The number of amides is 2. The molecule has 3 N–H and O–H groups in total. The van der Waals surface area contributed by atoms with Gasteiger partial charge in [0.1, 0.15) is 5.82 Å². The zero-order valence-corrected chi connectivity index (χ0v) is 14.7. The van der Waals surface area contributed by atoms with E-state index in [1.807, 2.05) is 24.3 Å². The normalized spacial score (nSPS) is 13.3. The number of anilines is 1. The Balaban J connectivity index is 1.91. The molecular formula is C20H20N4O2. The van der Waals surface area contributed by atoms with Gasteiger partial charge in [-0.2, -0.15) is 0 Å². The van der Waals surface area contributed by atoms with Crippen LogP contribution in [0.3, 0.4) is 0 Å². The van der Waals surface area contributed by atoms with E-state index in [1.165, 1.54) is 0 Å². The molecular weight excluding hydrogens is 328 g/mol. The minimum absolute atomic E-state index is 0.0149. The van der Waals surface area contributed by atoms with Gasteiger partial charge in [-0.05, 0) is 41.8 Å². The van der Waals surface area contributed by atoms with Gasteiger partial charge >= 0.3 is 0 Å². The fourth-order valence-corrected chi connectivity index (χ4v) is 3.42. The van der Waals surface area contributed by atoms with Crippen molar-refractivity contribution in [3.05, 3.63) is 53.3 Å². The van der Waals surface area contributed by atoms with Gasteiger partial charge in [-0.1, -0.05) is 19.9 Å². The molecule has 0 fully saturated rings. The van der Waals surface area contributed by atoms with Crippen molar-refractivity contribution in [2.24, 2.45) is 11.7 Å². The van der Waals surface area contributed by atoms with Gasteiger partial charge in [-0.25, -0.2) is 4.98 Å². The second-order valence-corrected chi connectivity index (χ2v) is 7.10. The maximum Gasteiger partial charge on any atom is 0.248 e. The Labute approximate surface area is 151 Å². The number of rotatable bonds is 4. The van der Waals surface area contributed by atoms with E-state index in [2.05, 4.69) is 23.7 Å². The summed E-state index contributed by atoms with van der Waals surface area (Å²) in [7, 11) is 0. The van der Waals surface area contributed by atoms with Crippen LogP contribution in [0.25, 0.3) is 16.7 Å². The first-order chi connectivity index (χ1) is 12.4. The fourth-order valence-electron chi connectivity index (χ4n) is 3.42. The third kappa shape index (κ3) is 2.73. The Morgan fingerprint density at radius 2 is 2.08 bits per heavy atom. The van der Waals surface area contributed by atoms with Crippen LogP contribution < -0.4 is 11.1 Å². The van der Waals surface area contributed by atoms with Gasteiger partial charge in [0.25, 0.3) is 0 Å². The molecule has 0 saturated carbocycles. The van der Waals surface area contributed by atoms with E-state index in [0.29, 0.717) is 17.9 Å². The third-order valence-electron chi connectivity index (χ3n) is 4.58. The summed E-state index contributed by atoms with van der Waals surface area (Å²) in [6.07, 6.45) is 1.21. The van der Waals surface area contributed by atoms with Crippen LogP contribution in [0.1, 0.15) is 35.6 Å². The van der Waals surface area contributed by atoms with Gasteiger partial charge in [-0.3, -0.25) is 14.2 Å². The molecule has 4 rings (SSSR count). The van der Waals surface area contributed by atoms with Crippen LogP contribution in [0.15, 0.2) is 36.4 Å². The van der Waals surface area contributed by atoms with Gasteiger partial charge in [0, 0.05) is 23.4 Å². The van der Waals surface area contributed by atoms with Crippen LogP contribution in [-0.4, -0.2) is 21.4 Å². The first-order valence-electron chi connectivity index (χ1n) is 8.66. The molecule has 0 aliphatic carbocycles. The van der Waals surface area contributed by atoms with Crippen LogP contribution in [-0.2, 0) is 17.6 Å². The largest absolute Gasteiger partial charge is 0.366 e. The first kappa shape index (κ1) is 16.3. The van der Waals surface area contributed by atoms with E-state index >= 15 is 0 Å². The Morgan fingerprint density at radius 3 is 2.81 bits per heavy atom. The van der Waals surface area contributed by atoms with Crippen LogP contribution in [0.2, 0.25) is 0 Å². The van der Waals surface area contributed by atoms with Crippen LogP contribution in [0.4, 0.5) is 5.69 Å². The van der Waals surface area contributed by atoms with Crippen molar-refractivity contribution in [2.45, 2.75) is 26.7 Å². The number of fused-ring (bicyclic) bond motifs is 2. The molecule has 6 nitrogen and oxygen atoms in total. The molecule has 0 unspecified atom stereocenters. The van der Waals surface area contributed by atoms with Crippen molar-refractivity contribution >= 4 is 28.5 Å². The first-order valence-corrected chi connectivity index (χ1v) is 8.66. The molecule has 0 spiro atoms. The van der Waals surface area contributed by atoms with Gasteiger partial charge in [0.05, 0.1) is 17.5 Å². The van der Waals surface area contributed by atoms with E-state index in [0.717, 1.165) is 40.2 Å². The van der Waals surface area contributed by atoms with E-state index in [1.54, 1.807) is 12.1 Å². The molecule has 3 aromatic rings. The number of primary amides is 1. The number of benzene rings is 2. The molecule has 2 amide bonds. The Bertz CT molecular complexity index is 1050. The highest BCUT2D eigenvalue weighted by atomic mass is 16.2. The summed E-state index contributed by atoms with van der Waals surface area (Å²) < 4.78 is 2.09. The number of carbonyl (C=O) groups is 2. The molecule has 1 aliphatic rings. The molecule has 2 aromatic carbocycles. The van der Waals surface area contributed by atoms with E-state index < -0.39 is 5.91 Å². The molecule has 0 atom stereocenters. The number of nitrogens with zero attached hydrogens (tertiary/aromatic N) is 2. The van der Waals surface area contributed by atoms with Gasteiger partial charge in [0.15, 0.2) is 0 Å². The number of nitrogens with one attached hydrogen (secondary N) is 1. The number of aromatic nitrogens is 2. The third-order valence-corrected chi connectivity index (χ3v) is 4.58. The van der Waals surface area contributed by atoms with Crippen LogP contribution in [0, 0.1) is 5.92 Å². The van der Waals surface area contributed by atoms with Crippen molar-refractivity contribution in [3.8, 4) is 5.69 Å². The maximum absolute atomic E-state index is 11.6. The number of hydrogen-bond acceptors (Lipinski definition) is 3. The molecule has 6 heteroatoms. The minimum Gasteiger partial charge on any atom is -0.366 e. The summed E-state index contributed by atoms with van der Waals surface area (Å²) in [4.78, 5) is 27.9. The predicted molar refractivity (Wildman–Crippen MR) is 100 cm³/mol. The molecule has 1 aromatic heterocycles. The van der Waals surface area contributed by atoms with Crippen LogP contribution in [0.5, 0.6) is 0 Å². The monoisotopic (exact) mass is 348 g/mol. The number of hydrogen-bond donors (Lipinski definition) is 2. The lowest BCUT2D eigenvalue weighted by atomic mass is 10.1. The molecule has 0 radical (unpaired) electrons. The summed E-state index contributed by atoms with van der Waals surface area (Å²) in [5, 5.41) is 2.90. The fraction of sp³-hybridized carbons (Fsp3) is 0.250. The molecule has 0 saturated heterocycles.